The van der Waals surface area contributed by atoms with Crippen molar-refractivity contribution in [1.82, 2.24) is 9.97 Å². The smallest absolute Gasteiger partial charge is 0.144 e. The van der Waals surface area contributed by atoms with E-state index in [0.29, 0.717) is 11.7 Å². The molecule has 0 bridgehead atoms. The predicted molar refractivity (Wildman–Crippen MR) is 73.0 cm³/mol. The second kappa shape index (κ2) is 5.40. The molecule has 17 heavy (non-hydrogen) atoms. The monoisotopic (exact) mass is 250 g/mol. The average Bonchev–Trinajstić information content (AvgIpc) is 2.83. The fourth-order valence-electron chi connectivity index (χ4n) is 2.34. The van der Waals surface area contributed by atoms with Crippen molar-refractivity contribution in [3.05, 3.63) is 18.1 Å². The van der Waals surface area contributed by atoms with Crippen molar-refractivity contribution in [2.75, 3.05) is 5.32 Å². The number of nitrogens with one attached hydrogen (secondary N) is 1. The number of rotatable bonds is 4. The summed E-state index contributed by atoms with van der Waals surface area (Å²) in [5.74, 6) is 1.55. The van der Waals surface area contributed by atoms with Gasteiger partial charge < -0.3 is 11.1 Å². The first-order chi connectivity index (χ1) is 8.16. The lowest BCUT2D eigenvalue weighted by Gasteiger charge is -2.20. The highest BCUT2D eigenvalue weighted by atomic mass is 32.1. The normalized spacial score (nSPS) is 17.9. The Kier molecular flexibility index (Phi) is 3.89. The Morgan fingerprint density at radius 1 is 1.41 bits per heavy atom. The Hall–Kier alpha value is -1.23. The summed E-state index contributed by atoms with van der Waals surface area (Å²) in [7, 11) is 0. The standard InChI is InChI=1S/C12H18N4S/c1-8(9-4-2-3-5-9)16-11-7-14-10(6-15-11)12(13)17/h6-9H,2-5H2,1H3,(H2,13,17)(H,15,16). The molecule has 0 aromatic carbocycles. The third kappa shape index (κ3) is 3.12. The van der Waals surface area contributed by atoms with Crippen LogP contribution in [0.1, 0.15) is 38.3 Å². The van der Waals surface area contributed by atoms with Gasteiger partial charge in [0.15, 0.2) is 0 Å². The van der Waals surface area contributed by atoms with E-state index in [1.165, 1.54) is 25.7 Å². The van der Waals surface area contributed by atoms with Crippen molar-refractivity contribution in [3.63, 3.8) is 0 Å². The summed E-state index contributed by atoms with van der Waals surface area (Å²) >= 11 is 4.84. The molecule has 1 saturated carbocycles. The van der Waals surface area contributed by atoms with Gasteiger partial charge in [-0.05, 0) is 25.7 Å². The van der Waals surface area contributed by atoms with E-state index in [-0.39, 0.29) is 4.99 Å². The quantitative estimate of drug-likeness (QED) is 0.801. The van der Waals surface area contributed by atoms with Gasteiger partial charge in [-0.25, -0.2) is 9.97 Å². The number of nitrogens with zero attached hydrogens (tertiary/aromatic N) is 2. The van der Waals surface area contributed by atoms with Gasteiger partial charge in [0.2, 0.25) is 0 Å². The molecule has 1 aliphatic rings. The maximum atomic E-state index is 5.47. The van der Waals surface area contributed by atoms with Crippen molar-refractivity contribution >= 4 is 23.0 Å². The summed E-state index contributed by atoms with van der Waals surface area (Å²) in [4.78, 5) is 8.72. The minimum Gasteiger partial charge on any atom is -0.388 e. The van der Waals surface area contributed by atoms with E-state index in [4.69, 9.17) is 18.0 Å². The van der Waals surface area contributed by atoms with E-state index in [2.05, 4.69) is 22.2 Å². The van der Waals surface area contributed by atoms with E-state index in [0.717, 1.165) is 11.7 Å². The van der Waals surface area contributed by atoms with Gasteiger partial charge in [0.1, 0.15) is 16.5 Å². The van der Waals surface area contributed by atoms with E-state index in [1.807, 2.05) is 0 Å². The lowest BCUT2D eigenvalue weighted by atomic mass is 10.00. The molecule has 0 spiro atoms. The third-order valence-electron chi connectivity index (χ3n) is 3.39. The van der Waals surface area contributed by atoms with Gasteiger partial charge in [-0.3, -0.25) is 0 Å². The van der Waals surface area contributed by atoms with Crippen LogP contribution in [0.5, 0.6) is 0 Å². The summed E-state index contributed by atoms with van der Waals surface area (Å²) in [6, 6.07) is 0.447. The summed E-state index contributed by atoms with van der Waals surface area (Å²) in [6.07, 6.45) is 8.64. The molecular formula is C12H18N4S. The van der Waals surface area contributed by atoms with Crippen molar-refractivity contribution in [1.29, 1.82) is 0 Å². The number of anilines is 1. The Morgan fingerprint density at radius 2 is 2.12 bits per heavy atom. The Labute approximate surface area is 107 Å². The molecule has 0 radical (unpaired) electrons. The molecule has 3 N–H and O–H groups in total. The van der Waals surface area contributed by atoms with Gasteiger partial charge in [-0.15, -0.1) is 0 Å². The fraction of sp³-hybridized carbons (Fsp3) is 0.583. The molecule has 1 atom stereocenters. The maximum absolute atomic E-state index is 5.47. The molecule has 92 valence electrons. The van der Waals surface area contributed by atoms with Gasteiger partial charge in [-0.1, -0.05) is 25.1 Å². The highest BCUT2D eigenvalue weighted by molar-refractivity contribution is 7.80. The van der Waals surface area contributed by atoms with Crippen LogP contribution >= 0.6 is 12.2 Å². The van der Waals surface area contributed by atoms with Crippen LogP contribution in [-0.4, -0.2) is 21.0 Å². The van der Waals surface area contributed by atoms with E-state index < -0.39 is 0 Å². The van der Waals surface area contributed by atoms with Gasteiger partial charge in [0, 0.05) is 6.04 Å². The molecule has 1 aromatic rings. The molecule has 1 aliphatic carbocycles. The fourth-order valence-corrected chi connectivity index (χ4v) is 2.44. The van der Waals surface area contributed by atoms with E-state index in [1.54, 1.807) is 12.4 Å². The van der Waals surface area contributed by atoms with Crippen LogP contribution in [0, 0.1) is 5.92 Å². The largest absolute Gasteiger partial charge is 0.388 e. The molecule has 1 aromatic heterocycles. The van der Waals surface area contributed by atoms with E-state index >= 15 is 0 Å². The van der Waals surface area contributed by atoms with Crippen molar-refractivity contribution in [3.8, 4) is 0 Å². The molecule has 0 amide bonds. The molecular weight excluding hydrogens is 232 g/mol. The molecule has 1 fully saturated rings. The van der Waals surface area contributed by atoms with Crippen LogP contribution in [0.4, 0.5) is 5.82 Å². The number of hydrogen-bond donors (Lipinski definition) is 2. The first kappa shape index (κ1) is 12.2. The zero-order chi connectivity index (χ0) is 12.3. The van der Waals surface area contributed by atoms with E-state index in [9.17, 15) is 0 Å². The first-order valence-electron chi connectivity index (χ1n) is 6.05. The Balaban J connectivity index is 1.96. The average molecular weight is 250 g/mol. The van der Waals surface area contributed by atoms with Gasteiger partial charge in [0.25, 0.3) is 0 Å². The van der Waals surface area contributed by atoms with Crippen LogP contribution in [0.3, 0.4) is 0 Å². The highest BCUT2D eigenvalue weighted by Gasteiger charge is 2.21. The second-order valence-corrected chi connectivity index (χ2v) is 5.07. The van der Waals surface area contributed by atoms with Gasteiger partial charge in [0.05, 0.1) is 12.4 Å². The molecule has 4 nitrogen and oxygen atoms in total. The second-order valence-electron chi connectivity index (χ2n) is 4.63. The summed E-state index contributed by atoms with van der Waals surface area (Å²) in [5.41, 5.74) is 6.04. The molecule has 1 heterocycles. The highest BCUT2D eigenvalue weighted by Crippen LogP contribution is 2.28. The minimum absolute atomic E-state index is 0.285. The topological polar surface area (TPSA) is 63.8 Å². The lowest BCUT2D eigenvalue weighted by molar-refractivity contribution is 0.481. The maximum Gasteiger partial charge on any atom is 0.144 e. The van der Waals surface area contributed by atoms with Crippen LogP contribution in [0.2, 0.25) is 0 Å². The number of hydrogen-bond acceptors (Lipinski definition) is 4. The molecule has 5 heteroatoms. The van der Waals surface area contributed by atoms with Crippen molar-refractivity contribution in [2.45, 2.75) is 38.6 Å². The third-order valence-corrected chi connectivity index (χ3v) is 3.60. The van der Waals surface area contributed by atoms with Crippen LogP contribution in [-0.2, 0) is 0 Å². The Morgan fingerprint density at radius 3 is 2.65 bits per heavy atom. The van der Waals surface area contributed by atoms with Crippen molar-refractivity contribution in [2.24, 2.45) is 11.7 Å². The summed E-state index contributed by atoms with van der Waals surface area (Å²) in [5, 5.41) is 3.39. The predicted octanol–water partition coefficient (Wildman–Crippen LogP) is 2.10. The molecule has 0 aliphatic heterocycles. The zero-order valence-electron chi connectivity index (χ0n) is 10.0. The summed E-state index contributed by atoms with van der Waals surface area (Å²) in [6.45, 7) is 2.21. The molecule has 2 rings (SSSR count). The number of aromatic nitrogens is 2. The van der Waals surface area contributed by atoms with Crippen LogP contribution < -0.4 is 11.1 Å². The van der Waals surface area contributed by atoms with Crippen LogP contribution in [0.25, 0.3) is 0 Å². The van der Waals surface area contributed by atoms with Gasteiger partial charge >= 0.3 is 0 Å². The number of thiocarbonyl (C=S) groups is 1. The Bertz CT molecular complexity index is 384. The molecule has 0 saturated heterocycles. The van der Waals surface area contributed by atoms with Crippen molar-refractivity contribution < 1.29 is 0 Å². The van der Waals surface area contributed by atoms with Crippen LogP contribution in [0.15, 0.2) is 12.4 Å². The lowest BCUT2D eigenvalue weighted by Crippen LogP contribution is -2.24. The first-order valence-corrected chi connectivity index (χ1v) is 6.46. The molecule has 1 unspecified atom stereocenters. The SMILES string of the molecule is CC(Nc1cnc(C(N)=S)cn1)C1CCCC1. The zero-order valence-corrected chi connectivity index (χ0v) is 10.8. The minimum atomic E-state index is 0.285. The number of nitrogens with two attached hydrogens (primary N) is 1. The van der Waals surface area contributed by atoms with Gasteiger partial charge in [-0.2, -0.15) is 0 Å². The summed E-state index contributed by atoms with van der Waals surface area (Å²) < 4.78 is 0.